The van der Waals surface area contributed by atoms with E-state index >= 15 is 0 Å². The Bertz CT molecular complexity index is 891. The summed E-state index contributed by atoms with van der Waals surface area (Å²) in [5, 5.41) is 13.2. The Hall–Kier alpha value is -2.59. The van der Waals surface area contributed by atoms with Gasteiger partial charge in [-0.15, -0.1) is 0 Å². The molecule has 0 saturated heterocycles. The van der Waals surface area contributed by atoms with E-state index in [-0.39, 0.29) is 17.6 Å². The first kappa shape index (κ1) is 15.9. The molecule has 0 radical (unpaired) electrons. The van der Waals surface area contributed by atoms with Crippen LogP contribution < -0.4 is 5.32 Å². The van der Waals surface area contributed by atoms with Gasteiger partial charge < -0.3 is 10.4 Å². The van der Waals surface area contributed by atoms with Gasteiger partial charge in [0.15, 0.2) is 5.78 Å². The predicted octanol–water partition coefficient (Wildman–Crippen LogP) is 4.11. The Labute approximate surface area is 150 Å². The molecule has 0 amide bonds. The summed E-state index contributed by atoms with van der Waals surface area (Å²) in [4.78, 5) is 24.7. The maximum Gasteiger partial charge on any atom is 0.326 e. The number of ketones is 1. The second-order valence-electron chi connectivity index (χ2n) is 6.43. The van der Waals surface area contributed by atoms with Crippen LogP contribution in [0, 0.1) is 5.92 Å². The van der Waals surface area contributed by atoms with Crippen LogP contribution in [-0.2, 0) is 4.79 Å². The molecule has 0 bridgehead atoms. The van der Waals surface area contributed by atoms with Crippen LogP contribution in [0.1, 0.15) is 33.8 Å². The average Bonchev–Trinajstić information content (AvgIpc) is 3.10. The zero-order valence-electron chi connectivity index (χ0n) is 13.3. The number of hydrogen-bond donors (Lipinski definition) is 2. The predicted molar refractivity (Wildman–Crippen MR) is 96.4 cm³/mol. The maximum absolute atomic E-state index is 13.0. The highest BCUT2D eigenvalue weighted by molar-refractivity contribution is 6.31. The maximum atomic E-state index is 13.0. The van der Waals surface area contributed by atoms with Gasteiger partial charge >= 0.3 is 5.97 Å². The van der Waals surface area contributed by atoms with E-state index in [4.69, 9.17) is 11.6 Å². The minimum absolute atomic E-state index is 0.0432. The monoisotopic (exact) mass is 353 g/mol. The molecule has 4 nitrogen and oxygen atoms in total. The van der Waals surface area contributed by atoms with E-state index in [0.717, 1.165) is 5.56 Å². The van der Waals surface area contributed by atoms with Crippen LogP contribution in [0.25, 0.3) is 0 Å². The van der Waals surface area contributed by atoms with Crippen molar-refractivity contribution in [3.63, 3.8) is 0 Å². The number of nitrogens with one attached hydrogen (secondary N) is 1. The fraction of sp³-hybridized carbons (Fsp3) is 0.200. The van der Waals surface area contributed by atoms with E-state index in [1.54, 1.807) is 30.3 Å². The first-order chi connectivity index (χ1) is 12.1. The fourth-order valence-electron chi connectivity index (χ4n) is 3.83. The molecule has 1 aliphatic carbocycles. The molecule has 126 valence electrons. The van der Waals surface area contributed by atoms with E-state index in [2.05, 4.69) is 5.32 Å². The summed E-state index contributed by atoms with van der Waals surface area (Å²) in [5.41, 5.74) is 2.44. The van der Waals surface area contributed by atoms with Gasteiger partial charge in [0.05, 0.1) is 0 Å². The highest BCUT2D eigenvalue weighted by Crippen LogP contribution is 2.47. The van der Waals surface area contributed by atoms with Crippen LogP contribution in [0.3, 0.4) is 0 Å². The van der Waals surface area contributed by atoms with Gasteiger partial charge in [0, 0.05) is 33.7 Å². The van der Waals surface area contributed by atoms with Crippen molar-refractivity contribution in [1.82, 2.24) is 0 Å². The zero-order chi connectivity index (χ0) is 17.6. The molecular weight excluding hydrogens is 338 g/mol. The lowest BCUT2D eigenvalue weighted by Crippen LogP contribution is -2.42. The summed E-state index contributed by atoms with van der Waals surface area (Å²) < 4.78 is 0. The number of hydrogen-bond acceptors (Lipinski definition) is 3. The Kier molecular flexibility index (Phi) is 3.85. The average molecular weight is 354 g/mol. The van der Waals surface area contributed by atoms with Crippen LogP contribution in [-0.4, -0.2) is 22.9 Å². The molecule has 0 fully saturated rings. The Morgan fingerprint density at radius 3 is 2.64 bits per heavy atom. The largest absolute Gasteiger partial charge is 0.480 e. The lowest BCUT2D eigenvalue weighted by molar-refractivity contribution is -0.139. The van der Waals surface area contributed by atoms with Crippen molar-refractivity contribution in [2.24, 2.45) is 5.92 Å². The molecule has 4 rings (SSSR count). The molecule has 2 aromatic rings. The Morgan fingerprint density at radius 2 is 1.92 bits per heavy atom. The van der Waals surface area contributed by atoms with E-state index in [1.165, 1.54) is 0 Å². The molecule has 1 aliphatic heterocycles. The molecular formula is C20H16ClNO3. The molecule has 2 N–H and O–H groups in total. The number of halogens is 1. The number of allylic oxidation sites excluding steroid dienone is 2. The first-order valence-electron chi connectivity index (χ1n) is 8.15. The molecule has 0 aromatic heterocycles. The highest BCUT2D eigenvalue weighted by atomic mass is 35.5. The van der Waals surface area contributed by atoms with Crippen LogP contribution in [0.5, 0.6) is 0 Å². The number of carbonyl (C=O) groups excluding carboxylic acids is 1. The molecule has 3 atom stereocenters. The number of benzene rings is 2. The summed E-state index contributed by atoms with van der Waals surface area (Å²) in [6.07, 6.45) is 4.72. The summed E-state index contributed by atoms with van der Waals surface area (Å²) in [7, 11) is 0. The molecule has 2 aromatic carbocycles. The molecule has 0 saturated carbocycles. The zero-order valence-corrected chi connectivity index (χ0v) is 14.0. The van der Waals surface area contributed by atoms with Crippen LogP contribution in [0.15, 0.2) is 54.6 Å². The van der Waals surface area contributed by atoms with Gasteiger partial charge in [-0.05, 0) is 24.1 Å². The smallest absolute Gasteiger partial charge is 0.326 e. The number of aliphatic carboxylic acids is 1. The third kappa shape index (κ3) is 2.63. The van der Waals surface area contributed by atoms with Crippen molar-refractivity contribution in [2.45, 2.75) is 18.4 Å². The molecule has 25 heavy (non-hydrogen) atoms. The van der Waals surface area contributed by atoms with Gasteiger partial charge in [0.2, 0.25) is 0 Å². The van der Waals surface area contributed by atoms with Crippen molar-refractivity contribution in [3.8, 4) is 0 Å². The van der Waals surface area contributed by atoms with Gasteiger partial charge in [0.25, 0.3) is 0 Å². The third-order valence-corrected chi connectivity index (χ3v) is 5.20. The quantitative estimate of drug-likeness (QED) is 0.643. The topological polar surface area (TPSA) is 66.4 Å². The molecule has 0 unspecified atom stereocenters. The Morgan fingerprint density at radius 1 is 1.16 bits per heavy atom. The lowest BCUT2D eigenvalue weighted by atomic mass is 9.78. The second-order valence-corrected chi connectivity index (χ2v) is 6.86. The second kappa shape index (κ2) is 6.05. The fourth-order valence-corrected chi connectivity index (χ4v) is 4.06. The normalized spacial score (nSPS) is 23.5. The summed E-state index contributed by atoms with van der Waals surface area (Å²) >= 11 is 6.28. The van der Waals surface area contributed by atoms with E-state index in [0.29, 0.717) is 28.3 Å². The number of fused-ring (bicyclic) bond motifs is 3. The van der Waals surface area contributed by atoms with Crippen LogP contribution in [0.4, 0.5) is 5.69 Å². The van der Waals surface area contributed by atoms with Gasteiger partial charge in [-0.2, -0.15) is 0 Å². The van der Waals surface area contributed by atoms with E-state index in [1.807, 2.05) is 24.3 Å². The van der Waals surface area contributed by atoms with Crippen molar-refractivity contribution in [1.29, 1.82) is 0 Å². The number of carboxylic acids is 1. The number of rotatable bonds is 3. The summed E-state index contributed by atoms with van der Waals surface area (Å²) in [6, 6.07) is 11.6. The van der Waals surface area contributed by atoms with Crippen LogP contribution >= 0.6 is 11.6 Å². The van der Waals surface area contributed by atoms with E-state index < -0.39 is 12.0 Å². The number of carbonyl (C=O) groups is 2. The minimum atomic E-state index is -0.905. The lowest BCUT2D eigenvalue weighted by Gasteiger charge is -2.35. The summed E-state index contributed by atoms with van der Waals surface area (Å²) in [6.45, 7) is 0. The molecule has 0 spiro atoms. The minimum Gasteiger partial charge on any atom is -0.480 e. The van der Waals surface area contributed by atoms with Crippen molar-refractivity contribution < 1.29 is 14.7 Å². The van der Waals surface area contributed by atoms with E-state index in [9.17, 15) is 14.7 Å². The standard InChI is InChI=1S/C20H16ClNO3/c21-12-9-15-13-7-4-8-14(13)18(20(24)25)22-17(15)16(10-12)19(23)11-5-2-1-3-6-11/h1-7,9-10,13-14,18,22H,8H2,(H,24,25)/t13-,14+,18-/m0/s1. The molecule has 5 heteroatoms. The van der Waals surface area contributed by atoms with Crippen molar-refractivity contribution in [3.05, 3.63) is 76.3 Å². The SMILES string of the molecule is O=C(c1ccccc1)c1cc(Cl)cc2c1N[C@H](C(=O)O)[C@@H]1CC=C[C@H]21. The molecule has 1 heterocycles. The van der Waals surface area contributed by atoms with Crippen molar-refractivity contribution >= 4 is 29.0 Å². The molecule has 2 aliphatic rings. The number of carboxylic acid groups (broad SMARTS) is 1. The van der Waals surface area contributed by atoms with Crippen molar-refractivity contribution in [2.75, 3.05) is 5.32 Å². The van der Waals surface area contributed by atoms with Gasteiger partial charge in [-0.3, -0.25) is 4.79 Å². The first-order valence-corrected chi connectivity index (χ1v) is 8.53. The van der Waals surface area contributed by atoms with Gasteiger partial charge in [-0.25, -0.2) is 4.79 Å². The Balaban J connectivity index is 1.87. The van der Waals surface area contributed by atoms with Gasteiger partial charge in [-0.1, -0.05) is 54.1 Å². The third-order valence-electron chi connectivity index (χ3n) is 4.98. The summed E-state index contributed by atoms with van der Waals surface area (Å²) in [5.74, 6) is -1.18. The van der Waals surface area contributed by atoms with Gasteiger partial charge in [0.1, 0.15) is 6.04 Å². The van der Waals surface area contributed by atoms with Crippen LogP contribution in [0.2, 0.25) is 5.02 Å². The number of anilines is 1. The highest BCUT2D eigenvalue weighted by Gasteiger charge is 2.42.